The molecule has 7 heteroatoms. The molecule has 90 valence electrons. The number of unbranched alkanes of at least 4 members (excludes halogenated alkanes) is 1. The maximum atomic E-state index is 11.6. The molecule has 0 aliphatic carbocycles. The minimum Gasteiger partial charge on any atom is -0.280 e. The first-order chi connectivity index (χ1) is 8.20. The van der Waals surface area contributed by atoms with E-state index in [-0.39, 0.29) is 5.56 Å². The molecule has 0 aromatic carbocycles. The summed E-state index contributed by atoms with van der Waals surface area (Å²) in [4.78, 5) is 15.6. The van der Waals surface area contributed by atoms with Crippen molar-refractivity contribution < 1.29 is 0 Å². The lowest BCUT2D eigenvalue weighted by atomic mass is 10.3. The molecule has 6 nitrogen and oxygen atoms in total. The Morgan fingerprint density at radius 1 is 1.41 bits per heavy atom. The average Bonchev–Trinajstić information content (AvgIpc) is 2.75. The molecule has 2 heterocycles. The summed E-state index contributed by atoms with van der Waals surface area (Å²) < 4.78 is 1.82. The zero-order chi connectivity index (χ0) is 12.3. The Hall–Kier alpha value is -1.76. The Labute approximate surface area is 103 Å². The third-order valence-electron chi connectivity index (χ3n) is 2.33. The predicted octanol–water partition coefficient (Wildman–Crippen LogP) is 1.49. The number of hydrogen-bond donors (Lipinski definition) is 2. The summed E-state index contributed by atoms with van der Waals surface area (Å²) in [7, 11) is 0. The van der Waals surface area contributed by atoms with Gasteiger partial charge in [-0.25, -0.2) is 4.68 Å². The van der Waals surface area contributed by atoms with Gasteiger partial charge in [0.2, 0.25) is 4.77 Å². The van der Waals surface area contributed by atoms with E-state index in [1.807, 2.05) is 0 Å². The lowest BCUT2D eigenvalue weighted by molar-refractivity contribution is 0.544. The number of H-pyrrole nitrogens is 2. The summed E-state index contributed by atoms with van der Waals surface area (Å²) in [6, 6.07) is 3.12. The van der Waals surface area contributed by atoms with Gasteiger partial charge >= 0.3 is 0 Å². The highest BCUT2D eigenvalue weighted by Gasteiger charge is 2.05. The highest BCUT2D eigenvalue weighted by Crippen LogP contribution is 2.07. The Morgan fingerprint density at radius 3 is 2.88 bits per heavy atom. The molecule has 0 aliphatic rings. The van der Waals surface area contributed by atoms with Gasteiger partial charge in [0.1, 0.15) is 5.69 Å². The molecule has 0 spiro atoms. The van der Waals surface area contributed by atoms with Gasteiger partial charge < -0.3 is 0 Å². The summed E-state index contributed by atoms with van der Waals surface area (Å²) in [6.07, 6.45) is 1.94. The Bertz CT molecular complexity index is 611. The second-order valence-corrected chi connectivity index (χ2v) is 4.04. The molecular weight excluding hydrogens is 238 g/mol. The zero-order valence-electron chi connectivity index (χ0n) is 9.43. The molecular formula is C10H13N5OS. The summed E-state index contributed by atoms with van der Waals surface area (Å²) in [5, 5.41) is 9.74. The Kier molecular flexibility index (Phi) is 3.48. The summed E-state index contributed by atoms with van der Waals surface area (Å²) in [5.74, 6) is 0.542. The number of hydrogen-bond acceptors (Lipinski definition) is 4. The van der Waals surface area contributed by atoms with Crippen LogP contribution in [0.2, 0.25) is 0 Å². The van der Waals surface area contributed by atoms with E-state index in [4.69, 9.17) is 12.2 Å². The van der Waals surface area contributed by atoms with E-state index in [1.165, 1.54) is 10.7 Å². The normalized spacial score (nSPS) is 10.6. The van der Waals surface area contributed by atoms with Crippen LogP contribution in [0, 0.1) is 4.77 Å². The number of aromatic nitrogens is 5. The van der Waals surface area contributed by atoms with E-state index in [2.05, 4.69) is 27.2 Å². The fourth-order valence-electron chi connectivity index (χ4n) is 1.43. The van der Waals surface area contributed by atoms with Crippen molar-refractivity contribution in [1.82, 2.24) is 25.0 Å². The SMILES string of the molecule is CCCCn1nc(-c2nc(=S)[nH][nH]2)ccc1=O. The monoisotopic (exact) mass is 251 g/mol. The maximum absolute atomic E-state index is 11.6. The Morgan fingerprint density at radius 2 is 2.24 bits per heavy atom. The van der Waals surface area contributed by atoms with Crippen molar-refractivity contribution in [2.75, 3.05) is 0 Å². The first-order valence-electron chi connectivity index (χ1n) is 5.44. The van der Waals surface area contributed by atoms with Crippen molar-refractivity contribution in [3.63, 3.8) is 0 Å². The van der Waals surface area contributed by atoms with Gasteiger partial charge in [-0.15, -0.1) is 0 Å². The molecule has 0 unspecified atom stereocenters. The quantitative estimate of drug-likeness (QED) is 0.807. The van der Waals surface area contributed by atoms with E-state index in [9.17, 15) is 4.79 Å². The molecule has 0 saturated heterocycles. The molecule has 0 radical (unpaired) electrons. The molecule has 0 amide bonds. The van der Waals surface area contributed by atoms with E-state index in [1.54, 1.807) is 6.07 Å². The van der Waals surface area contributed by atoms with Crippen LogP contribution in [0.1, 0.15) is 19.8 Å². The summed E-state index contributed by atoms with van der Waals surface area (Å²) in [6.45, 7) is 2.69. The van der Waals surface area contributed by atoms with E-state index in [0.717, 1.165) is 12.8 Å². The lowest BCUT2D eigenvalue weighted by Gasteiger charge is -2.04. The standard InChI is InChI=1S/C10H13N5OS/c1-2-3-6-15-8(16)5-4-7(14-15)9-11-10(17)13-12-9/h4-5H,2-3,6H2,1H3,(H2,11,12,13,17). The molecule has 2 aromatic heterocycles. The topological polar surface area (TPSA) is 79.4 Å². The Balaban J connectivity index is 2.36. The number of aromatic amines is 2. The van der Waals surface area contributed by atoms with Gasteiger partial charge in [0.05, 0.1) is 0 Å². The van der Waals surface area contributed by atoms with Crippen LogP contribution in [0.25, 0.3) is 11.5 Å². The van der Waals surface area contributed by atoms with E-state index >= 15 is 0 Å². The van der Waals surface area contributed by atoms with Crippen LogP contribution in [0.3, 0.4) is 0 Å². The second kappa shape index (κ2) is 5.05. The molecule has 0 bridgehead atoms. The zero-order valence-corrected chi connectivity index (χ0v) is 10.3. The first kappa shape index (κ1) is 11.7. The van der Waals surface area contributed by atoms with Crippen molar-refractivity contribution >= 4 is 12.2 Å². The van der Waals surface area contributed by atoms with Crippen molar-refractivity contribution in [3.05, 3.63) is 27.3 Å². The molecule has 2 N–H and O–H groups in total. The van der Waals surface area contributed by atoms with Crippen molar-refractivity contribution in [2.45, 2.75) is 26.3 Å². The van der Waals surface area contributed by atoms with E-state index < -0.39 is 0 Å². The highest BCUT2D eigenvalue weighted by atomic mass is 32.1. The van der Waals surface area contributed by atoms with Crippen molar-refractivity contribution in [2.24, 2.45) is 0 Å². The molecule has 17 heavy (non-hydrogen) atoms. The minimum absolute atomic E-state index is 0.101. The third kappa shape index (κ3) is 2.68. The highest BCUT2D eigenvalue weighted by molar-refractivity contribution is 7.71. The third-order valence-corrected chi connectivity index (χ3v) is 2.53. The van der Waals surface area contributed by atoms with E-state index in [0.29, 0.717) is 22.8 Å². The smallest absolute Gasteiger partial charge is 0.266 e. The van der Waals surface area contributed by atoms with Gasteiger partial charge in [-0.3, -0.25) is 15.0 Å². The second-order valence-electron chi connectivity index (χ2n) is 3.65. The summed E-state index contributed by atoms with van der Waals surface area (Å²) >= 11 is 4.87. The fourth-order valence-corrected chi connectivity index (χ4v) is 1.58. The predicted molar refractivity (Wildman–Crippen MR) is 66.2 cm³/mol. The molecule has 0 aliphatic heterocycles. The van der Waals surface area contributed by atoms with Crippen LogP contribution in [0.5, 0.6) is 0 Å². The van der Waals surface area contributed by atoms with Gasteiger partial charge in [-0.05, 0) is 24.7 Å². The van der Waals surface area contributed by atoms with Gasteiger partial charge in [0, 0.05) is 12.6 Å². The van der Waals surface area contributed by atoms with Gasteiger partial charge in [0.25, 0.3) is 5.56 Å². The van der Waals surface area contributed by atoms with Crippen LogP contribution in [-0.2, 0) is 6.54 Å². The molecule has 2 rings (SSSR count). The molecule has 0 saturated carbocycles. The fraction of sp³-hybridized carbons (Fsp3) is 0.400. The van der Waals surface area contributed by atoms with Crippen molar-refractivity contribution in [1.29, 1.82) is 0 Å². The van der Waals surface area contributed by atoms with Crippen LogP contribution >= 0.6 is 12.2 Å². The maximum Gasteiger partial charge on any atom is 0.266 e. The number of aryl methyl sites for hydroxylation is 1. The van der Waals surface area contributed by atoms with Crippen LogP contribution in [0.15, 0.2) is 16.9 Å². The van der Waals surface area contributed by atoms with Crippen molar-refractivity contribution in [3.8, 4) is 11.5 Å². The van der Waals surface area contributed by atoms with Crippen LogP contribution in [0.4, 0.5) is 0 Å². The lowest BCUT2D eigenvalue weighted by Crippen LogP contribution is -2.22. The number of rotatable bonds is 4. The first-order valence-corrected chi connectivity index (χ1v) is 5.84. The molecule has 0 atom stereocenters. The van der Waals surface area contributed by atoms with Crippen LogP contribution in [-0.4, -0.2) is 25.0 Å². The average molecular weight is 251 g/mol. The number of nitrogens with zero attached hydrogens (tertiary/aromatic N) is 3. The largest absolute Gasteiger partial charge is 0.280 e. The number of nitrogens with one attached hydrogen (secondary N) is 2. The van der Waals surface area contributed by atoms with Gasteiger partial charge in [-0.1, -0.05) is 13.3 Å². The molecule has 0 fully saturated rings. The van der Waals surface area contributed by atoms with Gasteiger partial charge in [-0.2, -0.15) is 10.1 Å². The summed E-state index contributed by atoms with van der Waals surface area (Å²) in [5.41, 5.74) is 0.504. The van der Waals surface area contributed by atoms with Crippen LogP contribution < -0.4 is 5.56 Å². The molecule has 2 aromatic rings. The minimum atomic E-state index is -0.101. The van der Waals surface area contributed by atoms with Gasteiger partial charge in [0.15, 0.2) is 5.82 Å².